The molecule has 3 N–H and O–H groups in total. The van der Waals surface area contributed by atoms with Crippen molar-refractivity contribution < 1.29 is 52.7 Å². The number of rotatable bonds is 24. The van der Waals surface area contributed by atoms with Gasteiger partial charge in [-0.3, -0.25) is 4.79 Å². The number of aliphatic hydroxyl groups excluding tert-OH is 3. The molecule has 0 rings (SSSR count). The number of esters is 1. The molecule has 0 amide bonds. The third-order valence-electron chi connectivity index (χ3n) is 6.05. The topological polar surface area (TPSA) is 159 Å². The molecule has 11 nitrogen and oxygen atoms in total. The van der Waals surface area contributed by atoms with Gasteiger partial charge >= 0.3 is 5.97 Å². The van der Waals surface area contributed by atoms with Crippen LogP contribution in [0.2, 0.25) is 0 Å². The Balaban J connectivity index is -0.000000933. The molecule has 12 heteroatoms. The van der Waals surface area contributed by atoms with Crippen molar-refractivity contribution in [1.82, 2.24) is 0 Å². The van der Waals surface area contributed by atoms with Gasteiger partial charge in [-0.15, -0.1) is 0 Å². The molecule has 0 fully saturated rings. The molecule has 0 aliphatic heterocycles. The fraction of sp³-hybridized carbons (Fsp3) is 0.903. The molecule has 1 atom stereocenters. The summed E-state index contributed by atoms with van der Waals surface area (Å²) in [5.74, 6) is -0.450. The van der Waals surface area contributed by atoms with Gasteiger partial charge in [-0.2, -0.15) is 0 Å². The zero-order valence-electron chi connectivity index (χ0n) is 28.5. The first-order valence-electron chi connectivity index (χ1n) is 15.9. The van der Waals surface area contributed by atoms with E-state index in [0.29, 0.717) is 0 Å². The number of aliphatic hydroxyl groups is 3. The van der Waals surface area contributed by atoms with Crippen molar-refractivity contribution >= 4 is 13.8 Å². The van der Waals surface area contributed by atoms with Crippen molar-refractivity contribution in [1.29, 1.82) is 0 Å². The molecule has 1 unspecified atom stereocenters. The van der Waals surface area contributed by atoms with Gasteiger partial charge < -0.3 is 47.9 Å². The minimum absolute atomic E-state index is 0.257. The number of hydrogen-bond acceptors (Lipinski definition) is 9. The molecule has 0 saturated carbocycles. The molecular weight excluding hydrogens is 575 g/mol. The van der Waals surface area contributed by atoms with E-state index < -0.39 is 26.5 Å². The Morgan fingerprint density at radius 3 is 1.53 bits per heavy atom. The van der Waals surface area contributed by atoms with Crippen LogP contribution in [-0.4, -0.2) is 118 Å². The highest BCUT2D eigenvalue weighted by molar-refractivity contribution is 7.43. The lowest BCUT2D eigenvalue weighted by Crippen LogP contribution is -2.36. The van der Waals surface area contributed by atoms with Crippen LogP contribution < -0.4 is 9.79 Å². The van der Waals surface area contributed by atoms with Crippen LogP contribution in [0, 0.1) is 0 Å². The Bertz CT molecular complexity index is 674. The summed E-state index contributed by atoms with van der Waals surface area (Å²) in [7, 11) is 7.19. The summed E-state index contributed by atoms with van der Waals surface area (Å²) >= 11 is 0. The van der Waals surface area contributed by atoms with E-state index in [2.05, 4.69) is 65.9 Å². The van der Waals surface area contributed by atoms with Crippen molar-refractivity contribution in [2.75, 3.05) is 81.8 Å². The standard InChI is InChI=1S/C21H41O7P.2C5H14NO/c1-2-3-4-5-6-7-8-9-10-11-12-13-14-15-16-17-21(23)27-18-20(22)19-28-29(24,25)26;2*1-6(2,3)4-5-7/h9-10,20,22H,2-8,11-19H2,1H3,(H2,24,25,26);2*7H,4-5H2,1-3H3/q;2*+1/p-2/b10-9-;;. The average molecular weight is 643 g/mol. The van der Waals surface area contributed by atoms with E-state index in [1.54, 1.807) is 0 Å². The first-order chi connectivity index (χ1) is 20.0. The number of nitrogens with zero attached hydrogens (tertiary/aromatic N) is 2. The number of hydrogen-bond donors (Lipinski definition) is 3. The lowest BCUT2D eigenvalue weighted by molar-refractivity contribution is -0.870. The molecule has 0 heterocycles. The highest BCUT2D eigenvalue weighted by Crippen LogP contribution is 2.24. The van der Waals surface area contributed by atoms with Crippen molar-refractivity contribution in [3.63, 3.8) is 0 Å². The number of phosphoric ester groups is 1. The Labute approximate surface area is 263 Å². The van der Waals surface area contributed by atoms with Crippen LogP contribution in [-0.2, 0) is 18.6 Å². The second-order valence-corrected chi connectivity index (χ2v) is 14.0. The summed E-state index contributed by atoms with van der Waals surface area (Å²) in [5.41, 5.74) is 0. The minimum atomic E-state index is -5.12. The predicted octanol–water partition coefficient (Wildman–Crippen LogP) is 3.14. The second kappa shape index (κ2) is 29.8. The molecule has 0 bridgehead atoms. The summed E-state index contributed by atoms with van der Waals surface area (Å²) < 4.78 is 20.7. The summed E-state index contributed by atoms with van der Waals surface area (Å²) in [6.45, 7) is 3.38. The summed E-state index contributed by atoms with van der Waals surface area (Å²) in [6.07, 6.45) is 18.8. The summed E-state index contributed by atoms with van der Waals surface area (Å²) in [5, 5.41) is 26.1. The van der Waals surface area contributed by atoms with Gasteiger partial charge in [0.1, 0.15) is 25.8 Å². The Kier molecular flexibility index (Phi) is 32.3. The van der Waals surface area contributed by atoms with E-state index in [1.165, 1.54) is 44.9 Å². The average Bonchev–Trinajstić information content (AvgIpc) is 2.87. The van der Waals surface area contributed by atoms with Crippen LogP contribution in [0.1, 0.15) is 96.8 Å². The zero-order valence-corrected chi connectivity index (χ0v) is 29.4. The molecular formula is C31H67N2O9P. The smallest absolute Gasteiger partial charge is 0.305 e. The van der Waals surface area contributed by atoms with Crippen LogP contribution in [0.4, 0.5) is 0 Å². The van der Waals surface area contributed by atoms with E-state index in [-0.39, 0.29) is 26.2 Å². The van der Waals surface area contributed by atoms with Crippen LogP contribution in [0.3, 0.4) is 0 Å². The fourth-order valence-electron chi connectivity index (χ4n) is 3.43. The molecule has 0 aliphatic rings. The lowest BCUT2D eigenvalue weighted by Gasteiger charge is -2.29. The van der Waals surface area contributed by atoms with Gasteiger partial charge in [0.15, 0.2) is 0 Å². The van der Waals surface area contributed by atoms with Gasteiger partial charge in [-0.25, -0.2) is 0 Å². The summed E-state index contributed by atoms with van der Waals surface area (Å²) in [4.78, 5) is 32.1. The number of quaternary nitrogens is 2. The molecule has 0 aliphatic carbocycles. The van der Waals surface area contributed by atoms with Gasteiger partial charge in [-0.1, -0.05) is 70.4 Å². The molecule has 0 aromatic rings. The number of unbranched alkanes of at least 4 members (excludes halogenated alkanes) is 11. The third-order valence-corrected chi connectivity index (χ3v) is 6.51. The van der Waals surface area contributed by atoms with Crippen molar-refractivity contribution in [2.45, 2.75) is 103 Å². The first-order valence-corrected chi connectivity index (χ1v) is 17.4. The predicted molar refractivity (Wildman–Crippen MR) is 170 cm³/mol. The van der Waals surface area contributed by atoms with Gasteiger partial charge in [0.25, 0.3) is 0 Å². The van der Waals surface area contributed by atoms with Crippen LogP contribution >= 0.6 is 7.82 Å². The number of allylic oxidation sites excluding steroid dienone is 2. The maximum absolute atomic E-state index is 11.5. The Hall–Kier alpha value is -0.880. The molecule has 0 radical (unpaired) electrons. The van der Waals surface area contributed by atoms with E-state index >= 15 is 0 Å². The molecule has 43 heavy (non-hydrogen) atoms. The highest BCUT2D eigenvalue weighted by atomic mass is 31.2. The van der Waals surface area contributed by atoms with Gasteiger partial charge in [0, 0.05) is 6.42 Å². The Morgan fingerprint density at radius 2 is 1.16 bits per heavy atom. The van der Waals surface area contributed by atoms with Crippen LogP contribution in [0.5, 0.6) is 0 Å². The first kappa shape index (κ1) is 46.5. The Morgan fingerprint density at radius 1 is 0.744 bits per heavy atom. The minimum Gasteiger partial charge on any atom is -0.790 e. The number of ether oxygens (including phenoxy) is 1. The van der Waals surface area contributed by atoms with Gasteiger partial charge in [-0.05, 0) is 32.1 Å². The van der Waals surface area contributed by atoms with Crippen molar-refractivity contribution in [3.05, 3.63) is 12.2 Å². The van der Waals surface area contributed by atoms with Crippen molar-refractivity contribution in [3.8, 4) is 0 Å². The molecule has 0 spiro atoms. The molecule has 0 aromatic heterocycles. The monoisotopic (exact) mass is 642 g/mol. The number of phosphoric acid groups is 1. The highest BCUT2D eigenvalue weighted by Gasteiger charge is 2.10. The largest absolute Gasteiger partial charge is 0.790 e. The summed E-state index contributed by atoms with van der Waals surface area (Å²) in [6, 6.07) is 0. The van der Waals surface area contributed by atoms with E-state index in [4.69, 9.17) is 14.9 Å². The fourth-order valence-corrected chi connectivity index (χ4v) is 3.78. The number of carbonyl (C=O) groups is 1. The SMILES string of the molecule is CCCCCCCC/C=C\CCCCCCCC(=O)OCC(O)COP(=O)([O-])[O-].C[N+](C)(C)CCO.C[N+](C)(C)CCO. The molecule has 0 saturated heterocycles. The van der Waals surface area contributed by atoms with E-state index in [1.807, 2.05) is 0 Å². The normalized spacial score (nSPS) is 12.7. The van der Waals surface area contributed by atoms with Gasteiger partial charge in [0.05, 0.1) is 69.9 Å². The molecule has 0 aromatic carbocycles. The van der Waals surface area contributed by atoms with E-state index in [9.17, 15) is 24.3 Å². The van der Waals surface area contributed by atoms with Crippen LogP contribution in [0.15, 0.2) is 12.2 Å². The van der Waals surface area contributed by atoms with E-state index in [0.717, 1.165) is 60.6 Å². The third kappa shape index (κ3) is 51.0. The number of likely N-dealkylation sites (N-methyl/N-ethyl adjacent to an activating group) is 2. The van der Waals surface area contributed by atoms with Crippen molar-refractivity contribution in [2.24, 2.45) is 0 Å². The molecule has 260 valence electrons. The zero-order chi connectivity index (χ0) is 33.6. The van der Waals surface area contributed by atoms with Crippen LogP contribution in [0.25, 0.3) is 0 Å². The number of carbonyl (C=O) groups excluding carboxylic acids is 1. The second-order valence-electron chi connectivity index (χ2n) is 12.9. The van der Waals surface area contributed by atoms with Gasteiger partial charge in [0.2, 0.25) is 0 Å². The quantitative estimate of drug-likeness (QED) is 0.0473. The maximum Gasteiger partial charge on any atom is 0.305 e. The lowest BCUT2D eigenvalue weighted by atomic mass is 10.1. The maximum atomic E-state index is 11.5.